The van der Waals surface area contributed by atoms with Crippen LogP contribution in [0.25, 0.3) is 0 Å². The fourth-order valence-corrected chi connectivity index (χ4v) is 2.86. The van der Waals surface area contributed by atoms with Gasteiger partial charge in [0.15, 0.2) is 0 Å². The second-order valence-electron chi connectivity index (χ2n) is 5.15. The molecule has 2 heteroatoms. The van der Waals surface area contributed by atoms with E-state index in [9.17, 15) is 4.79 Å². The SMILES string of the molecule is COC(=O)C1CCC=C(CC2=CCCCC2)C1. The predicted octanol–water partition coefficient (Wildman–Crippen LogP) is 3.78. The Hall–Kier alpha value is -1.05. The van der Waals surface area contributed by atoms with Crippen LogP contribution in [-0.2, 0) is 9.53 Å². The molecule has 0 bridgehead atoms. The van der Waals surface area contributed by atoms with Crippen LogP contribution in [0.4, 0.5) is 0 Å². The maximum atomic E-state index is 11.5. The van der Waals surface area contributed by atoms with Crippen molar-refractivity contribution in [3.05, 3.63) is 23.3 Å². The molecule has 1 atom stereocenters. The molecule has 0 N–H and O–H groups in total. The summed E-state index contributed by atoms with van der Waals surface area (Å²) in [5.41, 5.74) is 3.02. The molecule has 2 aliphatic carbocycles. The average molecular weight is 234 g/mol. The van der Waals surface area contributed by atoms with E-state index in [1.165, 1.54) is 38.4 Å². The van der Waals surface area contributed by atoms with Crippen molar-refractivity contribution in [2.45, 2.75) is 51.4 Å². The third kappa shape index (κ3) is 3.45. The number of carbonyl (C=O) groups excluding carboxylic acids is 1. The molecule has 0 aromatic carbocycles. The first-order chi connectivity index (χ1) is 8.29. The third-order valence-corrected chi connectivity index (χ3v) is 3.83. The molecule has 0 radical (unpaired) electrons. The number of esters is 1. The number of rotatable bonds is 3. The lowest BCUT2D eigenvalue weighted by atomic mass is 9.84. The van der Waals surface area contributed by atoms with E-state index in [0.717, 1.165) is 25.7 Å². The lowest BCUT2D eigenvalue weighted by Crippen LogP contribution is -2.19. The monoisotopic (exact) mass is 234 g/mol. The first-order valence-corrected chi connectivity index (χ1v) is 6.73. The van der Waals surface area contributed by atoms with Gasteiger partial charge in [0.05, 0.1) is 13.0 Å². The summed E-state index contributed by atoms with van der Waals surface area (Å²) in [5, 5.41) is 0. The third-order valence-electron chi connectivity index (χ3n) is 3.83. The van der Waals surface area contributed by atoms with Gasteiger partial charge in [-0.15, -0.1) is 0 Å². The molecule has 94 valence electrons. The Morgan fingerprint density at radius 1 is 1.29 bits per heavy atom. The number of methoxy groups -OCH3 is 1. The molecule has 0 saturated carbocycles. The van der Waals surface area contributed by atoms with Gasteiger partial charge in [-0.2, -0.15) is 0 Å². The molecule has 17 heavy (non-hydrogen) atoms. The molecule has 0 amide bonds. The van der Waals surface area contributed by atoms with Gasteiger partial charge in [0, 0.05) is 0 Å². The van der Waals surface area contributed by atoms with E-state index >= 15 is 0 Å². The minimum Gasteiger partial charge on any atom is -0.469 e. The van der Waals surface area contributed by atoms with Crippen LogP contribution in [0.15, 0.2) is 23.3 Å². The second-order valence-corrected chi connectivity index (χ2v) is 5.15. The van der Waals surface area contributed by atoms with Crippen molar-refractivity contribution in [1.29, 1.82) is 0 Å². The second kappa shape index (κ2) is 6.04. The normalized spacial score (nSPS) is 24.9. The Kier molecular flexibility index (Phi) is 4.41. The van der Waals surface area contributed by atoms with E-state index in [1.807, 2.05) is 0 Å². The highest BCUT2D eigenvalue weighted by molar-refractivity contribution is 5.72. The maximum absolute atomic E-state index is 11.5. The fraction of sp³-hybridized carbons (Fsp3) is 0.667. The topological polar surface area (TPSA) is 26.3 Å². The van der Waals surface area contributed by atoms with Crippen LogP contribution in [0.5, 0.6) is 0 Å². The van der Waals surface area contributed by atoms with Crippen LogP contribution < -0.4 is 0 Å². The van der Waals surface area contributed by atoms with Crippen molar-refractivity contribution in [2.24, 2.45) is 5.92 Å². The summed E-state index contributed by atoms with van der Waals surface area (Å²) in [7, 11) is 1.49. The molecule has 2 aliphatic rings. The van der Waals surface area contributed by atoms with Gasteiger partial charge in [-0.3, -0.25) is 4.79 Å². The van der Waals surface area contributed by atoms with Crippen LogP contribution in [0, 0.1) is 5.92 Å². The summed E-state index contributed by atoms with van der Waals surface area (Å²) in [5.74, 6) is 0.0671. The largest absolute Gasteiger partial charge is 0.469 e. The summed E-state index contributed by atoms with van der Waals surface area (Å²) < 4.78 is 4.85. The highest BCUT2D eigenvalue weighted by atomic mass is 16.5. The van der Waals surface area contributed by atoms with Crippen molar-refractivity contribution in [1.82, 2.24) is 0 Å². The van der Waals surface area contributed by atoms with E-state index in [1.54, 1.807) is 5.57 Å². The molecule has 0 aliphatic heterocycles. The minimum absolute atomic E-state index is 0.0341. The molecule has 0 aromatic heterocycles. The van der Waals surface area contributed by atoms with Crippen molar-refractivity contribution in [3.8, 4) is 0 Å². The molecule has 0 heterocycles. The van der Waals surface area contributed by atoms with Gasteiger partial charge in [0.25, 0.3) is 0 Å². The Labute approximate surface area is 104 Å². The predicted molar refractivity (Wildman–Crippen MR) is 68.6 cm³/mol. The molecule has 0 aromatic rings. The van der Waals surface area contributed by atoms with Gasteiger partial charge in [-0.25, -0.2) is 0 Å². The van der Waals surface area contributed by atoms with Gasteiger partial charge >= 0.3 is 5.97 Å². The molecule has 0 spiro atoms. The fourth-order valence-electron chi connectivity index (χ4n) is 2.86. The van der Waals surface area contributed by atoms with Crippen molar-refractivity contribution in [2.75, 3.05) is 7.11 Å². The molecule has 1 unspecified atom stereocenters. The number of hydrogen-bond acceptors (Lipinski definition) is 2. The Morgan fingerprint density at radius 3 is 2.82 bits per heavy atom. The van der Waals surface area contributed by atoms with E-state index < -0.39 is 0 Å². The van der Waals surface area contributed by atoms with E-state index in [0.29, 0.717) is 0 Å². The molecule has 2 rings (SSSR count). The zero-order valence-corrected chi connectivity index (χ0v) is 10.7. The number of allylic oxidation sites excluding steroid dienone is 4. The van der Waals surface area contributed by atoms with Crippen LogP contribution in [0.2, 0.25) is 0 Å². The van der Waals surface area contributed by atoms with E-state index in [2.05, 4.69) is 12.2 Å². The molecule has 0 fully saturated rings. The lowest BCUT2D eigenvalue weighted by Gasteiger charge is -2.22. The van der Waals surface area contributed by atoms with Gasteiger partial charge < -0.3 is 4.74 Å². The first kappa shape index (κ1) is 12.4. The smallest absolute Gasteiger partial charge is 0.308 e. The van der Waals surface area contributed by atoms with Crippen molar-refractivity contribution < 1.29 is 9.53 Å². The van der Waals surface area contributed by atoms with Crippen molar-refractivity contribution >= 4 is 5.97 Å². The van der Waals surface area contributed by atoms with Crippen LogP contribution in [0.3, 0.4) is 0 Å². The Balaban J connectivity index is 1.91. The molecular weight excluding hydrogens is 212 g/mol. The standard InChI is InChI=1S/C15H22O2/c1-17-15(16)14-9-5-8-13(11-14)10-12-6-3-2-4-7-12/h6,8,14H,2-5,7,9-11H2,1H3. The van der Waals surface area contributed by atoms with Crippen molar-refractivity contribution in [3.63, 3.8) is 0 Å². The molecule has 0 saturated heterocycles. The zero-order chi connectivity index (χ0) is 12.1. The Bertz CT molecular complexity index is 339. The zero-order valence-electron chi connectivity index (χ0n) is 10.7. The van der Waals surface area contributed by atoms with Crippen LogP contribution in [0.1, 0.15) is 51.4 Å². The van der Waals surface area contributed by atoms with Gasteiger partial charge in [0.2, 0.25) is 0 Å². The summed E-state index contributed by atoms with van der Waals surface area (Å²) >= 11 is 0. The summed E-state index contributed by atoms with van der Waals surface area (Å²) in [6, 6.07) is 0. The summed E-state index contributed by atoms with van der Waals surface area (Å²) in [6.45, 7) is 0. The molecular formula is C15H22O2. The van der Waals surface area contributed by atoms with Crippen LogP contribution >= 0.6 is 0 Å². The first-order valence-electron chi connectivity index (χ1n) is 6.73. The van der Waals surface area contributed by atoms with Gasteiger partial charge in [0.1, 0.15) is 0 Å². The summed E-state index contributed by atoms with van der Waals surface area (Å²) in [4.78, 5) is 11.5. The highest BCUT2D eigenvalue weighted by Crippen LogP contribution is 2.31. The van der Waals surface area contributed by atoms with Gasteiger partial charge in [-0.05, 0) is 51.4 Å². The molecule has 2 nitrogen and oxygen atoms in total. The summed E-state index contributed by atoms with van der Waals surface area (Å²) in [6.07, 6.45) is 13.9. The van der Waals surface area contributed by atoms with E-state index in [4.69, 9.17) is 4.74 Å². The number of hydrogen-bond donors (Lipinski definition) is 0. The average Bonchev–Trinajstić information content (AvgIpc) is 2.39. The lowest BCUT2D eigenvalue weighted by molar-refractivity contribution is -0.145. The number of ether oxygens (including phenoxy) is 1. The van der Waals surface area contributed by atoms with Crippen LogP contribution in [-0.4, -0.2) is 13.1 Å². The Morgan fingerprint density at radius 2 is 2.12 bits per heavy atom. The maximum Gasteiger partial charge on any atom is 0.308 e. The van der Waals surface area contributed by atoms with E-state index in [-0.39, 0.29) is 11.9 Å². The van der Waals surface area contributed by atoms with Gasteiger partial charge in [-0.1, -0.05) is 23.3 Å². The highest BCUT2D eigenvalue weighted by Gasteiger charge is 2.23. The number of carbonyl (C=O) groups is 1. The minimum atomic E-state index is -0.0341. The quantitative estimate of drug-likeness (QED) is 0.549.